The fourth-order valence-electron chi connectivity index (χ4n) is 2.29. The van der Waals surface area contributed by atoms with Gasteiger partial charge in [0.25, 0.3) is 0 Å². The Morgan fingerprint density at radius 2 is 2.22 bits per heavy atom. The number of carbonyl (C=O) groups is 1. The molecule has 1 fully saturated rings. The van der Waals surface area contributed by atoms with Gasteiger partial charge in [0.05, 0.1) is 11.6 Å². The molecule has 0 spiro atoms. The molecule has 1 aromatic rings. The first-order chi connectivity index (χ1) is 8.61. The van der Waals surface area contributed by atoms with Crippen molar-refractivity contribution in [3.05, 3.63) is 33.8 Å². The summed E-state index contributed by atoms with van der Waals surface area (Å²) in [5, 5.41) is 0. The SMILES string of the molecule is COc1ccc(/C=C2\CCC[C@@H](C)C2=O)cc1Br. The van der Waals surface area contributed by atoms with Gasteiger partial charge >= 0.3 is 0 Å². The Balaban J connectivity index is 2.27. The first-order valence-corrected chi connectivity index (χ1v) is 6.99. The fraction of sp³-hybridized carbons (Fsp3) is 0.400. The van der Waals surface area contributed by atoms with Crippen LogP contribution >= 0.6 is 15.9 Å². The van der Waals surface area contributed by atoms with E-state index in [4.69, 9.17) is 4.74 Å². The van der Waals surface area contributed by atoms with Crippen molar-refractivity contribution in [1.29, 1.82) is 0 Å². The number of hydrogen-bond donors (Lipinski definition) is 0. The maximum atomic E-state index is 12.0. The highest BCUT2D eigenvalue weighted by molar-refractivity contribution is 9.10. The first-order valence-electron chi connectivity index (χ1n) is 6.20. The molecule has 1 aliphatic carbocycles. The third kappa shape index (κ3) is 2.83. The summed E-state index contributed by atoms with van der Waals surface area (Å²) in [4.78, 5) is 12.0. The quantitative estimate of drug-likeness (QED) is 0.764. The van der Waals surface area contributed by atoms with Crippen molar-refractivity contribution in [1.82, 2.24) is 0 Å². The second-order valence-corrected chi connectivity index (χ2v) is 5.58. The summed E-state index contributed by atoms with van der Waals surface area (Å²) >= 11 is 3.46. The molecule has 0 aromatic heterocycles. The van der Waals surface area contributed by atoms with E-state index in [9.17, 15) is 4.79 Å². The number of benzene rings is 1. The number of halogens is 1. The zero-order valence-corrected chi connectivity index (χ0v) is 12.3. The number of carbonyl (C=O) groups excluding carboxylic acids is 1. The van der Waals surface area contributed by atoms with Gasteiger partial charge < -0.3 is 4.74 Å². The molecule has 2 rings (SSSR count). The zero-order valence-electron chi connectivity index (χ0n) is 10.7. The molecule has 18 heavy (non-hydrogen) atoms. The lowest BCUT2D eigenvalue weighted by Crippen LogP contribution is -2.18. The highest BCUT2D eigenvalue weighted by Gasteiger charge is 2.22. The molecule has 1 atom stereocenters. The van der Waals surface area contributed by atoms with E-state index < -0.39 is 0 Å². The molecule has 0 N–H and O–H groups in total. The molecule has 0 saturated heterocycles. The second-order valence-electron chi connectivity index (χ2n) is 4.72. The molecule has 0 aliphatic heterocycles. The molecule has 0 heterocycles. The average molecular weight is 309 g/mol. The minimum atomic E-state index is 0.173. The summed E-state index contributed by atoms with van der Waals surface area (Å²) in [6.45, 7) is 2.01. The Hall–Kier alpha value is -1.09. The van der Waals surface area contributed by atoms with Crippen molar-refractivity contribution in [2.24, 2.45) is 5.92 Å². The van der Waals surface area contributed by atoms with Gasteiger partial charge in [-0.2, -0.15) is 0 Å². The van der Waals surface area contributed by atoms with E-state index >= 15 is 0 Å². The molecule has 2 nitrogen and oxygen atoms in total. The summed E-state index contributed by atoms with van der Waals surface area (Å²) in [6.07, 6.45) is 5.02. The number of allylic oxidation sites excluding steroid dienone is 1. The van der Waals surface area contributed by atoms with Gasteiger partial charge in [-0.05, 0) is 64.5 Å². The normalized spacial score (nSPS) is 22.3. The molecule has 3 heteroatoms. The number of hydrogen-bond acceptors (Lipinski definition) is 2. The summed E-state index contributed by atoms with van der Waals surface area (Å²) in [5.41, 5.74) is 1.99. The molecular formula is C15H17BrO2. The van der Waals surface area contributed by atoms with Gasteiger partial charge in [0.15, 0.2) is 5.78 Å². The third-order valence-electron chi connectivity index (χ3n) is 3.36. The fourth-order valence-corrected chi connectivity index (χ4v) is 2.84. The van der Waals surface area contributed by atoms with E-state index in [1.807, 2.05) is 31.2 Å². The molecule has 1 saturated carbocycles. The highest BCUT2D eigenvalue weighted by atomic mass is 79.9. The number of rotatable bonds is 2. The van der Waals surface area contributed by atoms with Crippen molar-refractivity contribution in [3.63, 3.8) is 0 Å². The number of ether oxygens (including phenoxy) is 1. The molecule has 0 amide bonds. The van der Waals surface area contributed by atoms with Crippen LogP contribution in [0.25, 0.3) is 6.08 Å². The Bertz CT molecular complexity index is 491. The summed E-state index contributed by atoms with van der Waals surface area (Å²) in [5.74, 6) is 1.28. The summed E-state index contributed by atoms with van der Waals surface area (Å²) in [6, 6.07) is 5.87. The second kappa shape index (κ2) is 5.70. The Morgan fingerprint density at radius 3 is 2.89 bits per heavy atom. The third-order valence-corrected chi connectivity index (χ3v) is 3.98. The van der Waals surface area contributed by atoms with Crippen molar-refractivity contribution in [2.75, 3.05) is 7.11 Å². The lowest BCUT2D eigenvalue weighted by atomic mass is 9.84. The standard InChI is InChI=1S/C15H17BrO2/c1-10-4-3-5-12(15(10)17)8-11-6-7-14(18-2)13(16)9-11/h6-10H,3-5H2,1-2H3/b12-8+/t10-/m1/s1. The van der Waals surface area contributed by atoms with Crippen molar-refractivity contribution >= 4 is 27.8 Å². The monoisotopic (exact) mass is 308 g/mol. The molecule has 96 valence electrons. The molecule has 0 radical (unpaired) electrons. The van der Waals surface area contributed by atoms with Crippen LogP contribution in [0.15, 0.2) is 28.2 Å². The van der Waals surface area contributed by atoms with Crippen molar-refractivity contribution in [3.8, 4) is 5.75 Å². The van der Waals surface area contributed by atoms with Crippen LogP contribution in [-0.4, -0.2) is 12.9 Å². The van der Waals surface area contributed by atoms with Gasteiger partial charge in [-0.1, -0.05) is 13.0 Å². The molecule has 0 bridgehead atoms. The number of Topliss-reactive ketones (excluding diaryl/α,β-unsaturated/α-hetero) is 1. The zero-order chi connectivity index (χ0) is 13.1. The van der Waals surface area contributed by atoms with Crippen LogP contribution in [-0.2, 0) is 4.79 Å². The molecule has 0 unspecified atom stereocenters. The topological polar surface area (TPSA) is 26.3 Å². The van der Waals surface area contributed by atoms with Crippen LogP contribution < -0.4 is 4.74 Å². The van der Waals surface area contributed by atoms with Crippen LogP contribution in [0.5, 0.6) is 5.75 Å². The molecule has 1 aromatic carbocycles. The lowest BCUT2D eigenvalue weighted by Gasteiger charge is -2.19. The Labute approximate surface area is 116 Å². The van der Waals surface area contributed by atoms with E-state index in [0.717, 1.165) is 40.6 Å². The van der Waals surface area contributed by atoms with E-state index in [1.165, 1.54) is 0 Å². The Kier molecular flexibility index (Phi) is 4.23. The van der Waals surface area contributed by atoms with E-state index in [2.05, 4.69) is 15.9 Å². The van der Waals surface area contributed by atoms with Gasteiger partial charge in [0, 0.05) is 5.92 Å². The Morgan fingerprint density at radius 1 is 1.44 bits per heavy atom. The average Bonchev–Trinajstić information content (AvgIpc) is 2.35. The number of methoxy groups -OCH3 is 1. The smallest absolute Gasteiger partial charge is 0.161 e. The predicted molar refractivity (Wildman–Crippen MR) is 76.7 cm³/mol. The lowest BCUT2D eigenvalue weighted by molar-refractivity contribution is -0.119. The van der Waals surface area contributed by atoms with Gasteiger partial charge in [-0.3, -0.25) is 4.79 Å². The van der Waals surface area contributed by atoms with Gasteiger partial charge in [0.1, 0.15) is 5.75 Å². The predicted octanol–water partition coefficient (Wildman–Crippen LogP) is 4.23. The number of ketones is 1. The molecular weight excluding hydrogens is 292 g/mol. The maximum Gasteiger partial charge on any atom is 0.161 e. The van der Waals surface area contributed by atoms with Crippen LogP contribution in [0.4, 0.5) is 0 Å². The van der Waals surface area contributed by atoms with Crippen LogP contribution in [0.2, 0.25) is 0 Å². The summed E-state index contributed by atoms with van der Waals surface area (Å²) in [7, 11) is 1.64. The minimum Gasteiger partial charge on any atom is -0.496 e. The van der Waals surface area contributed by atoms with Crippen LogP contribution in [0, 0.1) is 5.92 Å². The van der Waals surface area contributed by atoms with E-state index in [0.29, 0.717) is 5.78 Å². The maximum absolute atomic E-state index is 12.0. The van der Waals surface area contributed by atoms with Crippen LogP contribution in [0.3, 0.4) is 0 Å². The van der Waals surface area contributed by atoms with E-state index in [-0.39, 0.29) is 5.92 Å². The van der Waals surface area contributed by atoms with Gasteiger partial charge in [-0.15, -0.1) is 0 Å². The molecule has 1 aliphatic rings. The highest BCUT2D eigenvalue weighted by Crippen LogP contribution is 2.29. The van der Waals surface area contributed by atoms with Crippen molar-refractivity contribution < 1.29 is 9.53 Å². The summed E-state index contributed by atoms with van der Waals surface area (Å²) < 4.78 is 6.11. The van der Waals surface area contributed by atoms with E-state index in [1.54, 1.807) is 7.11 Å². The largest absolute Gasteiger partial charge is 0.496 e. The van der Waals surface area contributed by atoms with Gasteiger partial charge in [-0.25, -0.2) is 0 Å². The van der Waals surface area contributed by atoms with Crippen molar-refractivity contribution in [2.45, 2.75) is 26.2 Å². The first kappa shape index (κ1) is 13.3. The van der Waals surface area contributed by atoms with Crippen LogP contribution in [0.1, 0.15) is 31.7 Å². The minimum absolute atomic E-state index is 0.173. The van der Waals surface area contributed by atoms with Gasteiger partial charge in [0.2, 0.25) is 0 Å².